The maximum Gasteiger partial charge on any atom is 0.306 e. The van der Waals surface area contributed by atoms with E-state index >= 15 is 0 Å². The summed E-state index contributed by atoms with van der Waals surface area (Å²) in [4.78, 5) is 37.7. The standard InChI is InChI=1S/C20H28N2O4/c1-13-11-22(10-9-16(13)19(25)26)18(24)15-7-5-14(6-8-15)17(23)21-12-20(2,3)4/h5-8,13,16H,9-12H2,1-4H3,(H,21,23)(H,25,26). The number of benzene rings is 1. The minimum absolute atomic E-state index is 0.00430. The van der Waals surface area contributed by atoms with Crippen LogP contribution in [0.1, 0.15) is 54.8 Å². The number of likely N-dealkylation sites (tertiary alicyclic amines) is 1. The summed E-state index contributed by atoms with van der Waals surface area (Å²) in [5, 5.41) is 12.1. The zero-order valence-electron chi connectivity index (χ0n) is 15.9. The average Bonchev–Trinajstić information content (AvgIpc) is 2.58. The minimum atomic E-state index is -0.796. The number of carbonyl (C=O) groups excluding carboxylic acids is 2. The van der Waals surface area contributed by atoms with E-state index < -0.39 is 11.9 Å². The van der Waals surface area contributed by atoms with Crippen LogP contribution in [0.3, 0.4) is 0 Å². The Hall–Kier alpha value is -2.37. The molecule has 6 nitrogen and oxygen atoms in total. The van der Waals surface area contributed by atoms with E-state index in [9.17, 15) is 19.5 Å². The maximum atomic E-state index is 12.6. The zero-order valence-corrected chi connectivity index (χ0v) is 15.9. The highest BCUT2D eigenvalue weighted by Gasteiger charge is 2.33. The minimum Gasteiger partial charge on any atom is -0.481 e. The molecule has 2 rings (SSSR count). The fraction of sp³-hybridized carbons (Fsp3) is 0.550. The van der Waals surface area contributed by atoms with Crippen LogP contribution >= 0.6 is 0 Å². The molecule has 1 aliphatic heterocycles. The molecule has 2 N–H and O–H groups in total. The second-order valence-corrected chi connectivity index (χ2v) is 8.28. The molecular weight excluding hydrogens is 332 g/mol. The van der Waals surface area contributed by atoms with Gasteiger partial charge in [0.25, 0.3) is 11.8 Å². The molecule has 2 amide bonds. The lowest BCUT2D eigenvalue weighted by atomic mass is 9.87. The van der Waals surface area contributed by atoms with E-state index in [1.54, 1.807) is 29.2 Å². The lowest BCUT2D eigenvalue weighted by Gasteiger charge is -2.35. The molecule has 1 heterocycles. The summed E-state index contributed by atoms with van der Waals surface area (Å²) >= 11 is 0. The van der Waals surface area contributed by atoms with E-state index in [1.807, 2.05) is 27.7 Å². The van der Waals surface area contributed by atoms with Gasteiger partial charge < -0.3 is 15.3 Å². The second kappa shape index (κ2) is 7.89. The molecule has 0 bridgehead atoms. The van der Waals surface area contributed by atoms with Gasteiger partial charge in [0.15, 0.2) is 0 Å². The first kappa shape index (κ1) is 19.9. The van der Waals surface area contributed by atoms with Gasteiger partial charge in [-0.1, -0.05) is 27.7 Å². The molecule has 26 heavy (non-hydrogen) atoms. The summed E-state index contributed by atoms with van der Waals surface area (Å²) in [5.41, 5.74) is 1.03. The number of hydrogen-bond acceptors (Lipinski definition) is 3. The normalized spacial score (nSPS) is 20.5. The lowest BCUT2D eigenvalue weighted by Crippen LogP contribution is -2.45. The first-order valence-corrected chi connectivity index (χ1v) is 8.99. The van der Waals surface area contributed by atoms with Gasteiger partial charge in [-0.25, -0.2) is 0 Å². The van der Waals surface area contributed by atoms with Crippen LogP contribution in [0.4, 0.5) is 0 Å². The Morgan fingerprint density at radius 3 is 2.23 bits per heavy atom. The van der Waals surface area contributed by atoms with Crippen molar-refractivity contribution >= 4 is 17.8 Å². The van der Waals surface area contributed by atoms with Crippen LogP contribution in [0.25, 0.3) is 0 Å². The number of carboxylic acid groups (broad SMARTS) is 1. The van der Waals surface area contributed by atoms with Gasteiger partial charge >= 0.3 is 5.97 Å². The van der Waals surface area contributed by atoms with Crippen LogP contribution in [0.2, 0.25) is 0 Å². The molecule has 1 saturated heterocycles. The number of nitrogens with one attached hydrogen (secondary N) is 1. The SMILES string of the molecule is CC1CN(C(=O)c2ccc(C(=O)NCC(C)(C)C)cc2)CCC1C(=O)O. The second-order valence-electron chi connectivity index (χ2n) is 8.28. The van der Waals surface area contributed by atoms with Crippen molar-refractivity contribution in [2.75, 3.05) is 19.6 Å². The van der Waals surface area contributed by atoms with Crippen LogP contribution < -0.4 is 5.32 Å². The summed E-state index contributed by atoms with van der Waals surface area (Å²) in [7, 11) is 0. The molecule has 1 aromatic rings. The average molecular weight is 360 g/mol. The van der Waals surface area contributed by atoms with Crippen LogP contribution in [0, 0.1) is 17.3 Å². The van der Waals surface area contributed by atoms with Crippen LogP contribution in [0.15, 0.2) is 24.3 Å². The molecule has 6 heteroatoms. The number of amides is 2. The Kier molecular flexibility index (Phi) is 6.05. The van der Waals surface area contributed by atoms with Crippen LogP contribution in [0.5, 0.6) is 0 Å². The first-order valence-electron chi connectivity index (χ1n) is 8.99. The monoisotopic (exact) mass is 360 g/mol. The molecule has 2 atom stereocenters. The van der Waals surface area contributed by atoms with Crippen molar-refractivity contribution < 1.29 is 19.5 Å². The first-order chi connectivity index (χ1) is 12.1. The van der Waals surface area contributed by atoms with E-state index in [2.05, 4.69) is 5.32 Å². The predicted molar refractivity (Wildman–Crippen MR) is 99.0 cm³/mol. The number of nitrogens with zero attached hydrogens (tertiary/aromatic N) is 1. The summed E-state index contributed by atoms with van der Waals surface area (Å²) in [5.74, 6) is -1.55. The van der Waals surface area contributed by atoms with Crippen LogP contribution in [-0.2, 0) is 4.79 Å². The molecule has 1 aliphatic rings. The van der Waals surface area contributed by atoms with Crippen molar-refractivity contribution in [2.45, 2.75) is 34.1 Å². The predicted octanol–water partition coefficient (Wildman–Crippen LogP) is 2.65. The van der Waals surface area contributed by atoms with E-state index in [0.717, 1.165) is 0 Å². The number of piperidine rings is 1. The molecular formula is C20H28N2O4. The Balaban J connectivity index is 1.99. The Morgan fingerprint density at radius 2 is 1.73 bits per heavy atom. The van der Waals surface area contributed by atoms with Crippen molar-refractivity contribution in [1.29, 1.82) is 0 Å². The highest BCUT2D eigenvalue weighted by atomic mass is 16.4. The molecule has 0 aromatic heterocycles. The molecule has 0 radical (unpaired) electrons. The summed E-state index contributed by atoms with van der Waals surface area (Å²) in [6.45, 7) is 9.44. The van der Waals surface area contributed by atoms with Gasteiger partial charge in [0.1, 0.15) is 0 Å². The smallest absolute Gasteiger partial charge is 0.306 e. The van der Waals surface area contributed by atoms with Crippen molar-refractivity contribution in [3.8, 4) is 0 Å². The van der Waals surface area contributed by atoms with E-state index in [1.165, 1.54) is 0 Å². The molecule has 0 spiro atoms. The molecule has 0 aliphatic carbocycles. The van der Waals surface area contributed by atoms with E-state index in [0.29, 0.717) is 37.2 Å². The molecule has 2 unspecified atom stereocenters. The Labute approximate surface area is 154 Å². The Morgan fingerprint density at radius 1 is 1.15 bits per heavy atom. The third kappa shape index (κ3) is 5.07. The summed E-state index contributed by atoms with van der Waals surface area (Å²) < 4.78 is 0. The number of rotatable bonds is 4. The number of aliphatic carboxylic acids is 1. The number of carboxylic acids is 1. The van der Waals surface area contributed by atoms with Gasteiger partial charge in [-0.15, -0.1) is 0 Å². The number of carbonyl (C=O) groups is 3. The zero-order chi connectivity index (χ0) is 19.5. The van der Waals surface area contributed by atoms with Crippen molar-refractivity contribution in [1.82, 2.24) is 10.2 Å². The van der Waals surface area contributed by atoms with Crippen molar-refractivity contribution in [3.05, 3.63) is 35.4 Å². The topological polar surface area (TPSA) is 86.7 Å². The molecule has 0 saturated carbocycles. The quantitative estimate of drug-likeness (QED) is 0.864. The molecule has 1 fully saturated rings. The van der Waals surface area contributed by atoms with Crippen molar-refractivity contribution in [2.24, 2.45) is 17.3 Å². The fourth-order valence-corrected chi connectivity index (χ4v) is 3.09. The molecule has 142 valence electrons. The third-order valence-corrected chi connectivity index (χ3v) is 4.68. The third-order valence-electron chi connectivity index (χ3n) is 4.68. The summed E-state index contributed by atoms with van der Waals surface area (Å²) in [6.07, 6.45) is 0.468. The van der Waals surface area contributed by atoms with Gasteiger partial charge in [0.05, 0.1) is 5.92 Å². The molecule has 1 aromatic carbocycles. The van der Waals surface area contributed by atoms with E-state index in [4.69, 9.17) is 0 Å². The highest BCUT2D eigenvalue weighted by Crippen LogP contribution is 2.24. The van der Waals surface area contributed by atoms with Gasteiger partial charge in [-0.2, -0.15) is 0 Å². The Bertz CT molecular complexity index is 676. The van der Waals surface area contributed by atoms with Gasteiger partial charge in [0, 0.05) is 30.8 Å². The van der Waals surface area contributed by atoms with Gasteiger partial charge in [0.2, 0.25) is 0 Å². The largest absolute Gasteiger partial charge is 0.481 e. The number of hydrogen-bond donors (Lipinski definition) is 2. The van der Waals surface area contributed by atoms with Gasteiger partial charge in [-0.3, -0.25) is 14.4 Å². The highest BCUT2D eigenvalue weighted by molar-refractivity contribution is 5.98. The maximum absolute atomic E-state index is 12.6. The van der Waals surface area contributed by atoms with Crippen LogP contribution in [-0.4, -0.2) is 47.4 Å². The van der Waals surface area contributed by atoms with Gasteiger partial charge in [-0.05, 0) is 42.0 Å². The van der Waals surface area contributed by atoms with E-state index in [-0.39, 0.29) is 23.1 Å². The lowest BCUT2D eigenvalue weighted by molar-refractivity contribution is -0.145. The van der Waals surface area contributed by atoms with Crippen molar-refractivity contribution in [3.63, 3.8) is 0 Å². The summed E-state index contributed by atoms with van der Waals surface area (Å²) in [6, 6.07) is 6.61. The fourth-order valence-electron chi connectivity index (χ4n) is 3.09.